The third kappa shape index (κ3) is 4.54. The van der Waals surface area contributed by atoms with Crippen LogP contribution in [0.3, 0.4) is 0 Å². The molecule has 0 fully saturated rings. The van der Waals surface area contributed by atoms with Crippen LogP contribution < -0.4 is 9.62 Å². The number of sulfonamides is 1. The molecule has 30 heavy (non-hydrogen) atoms. The summed E-state index contributed by atoms with van der Waals surface area (Å²) in [6.07, 6.45) is 0. The smallest absolute Gasteiger partial charge is 0.264 e. The van der Waals surface area contributed by atoms with Crippen molar-refractivity contribution in [1.29, 1.82) is 0 Å². The topological polar surface area (TPSA) is 66.5 Å². The standard InChI is InChI=1S/C24H26N2O3S/c1-17-12-14-21(15-13-17)30(28,29)26(23-11-7-9-18(2)20(23)4)16-24(27)25-22-10-6-5-8-19(22)3/h5-15H,16H2,1-4H3,(H,25,27). The first-order valence-electron chi connectivity index (χ1n) is 9.71. The fourth-order valence-corrected chi connectivity index (χ4v) is 4.65. The SMILES string of the molecule is Cc1ccc(S(=O)(=O)N(CC(=O)Nc2ccccc2C)c2cccc(C)c2C)cc1. The van der Waals surface area contributed by atoms with Crippen molar-refractivity contribution in [3.63, 3.8) is 0 Å². The molecule has 3 rings (SSSR count). The number of hydrogen-bond acceptors (Lipinski definition) is 3. The van der Waals surface area contributed by atoms with Gasteiger partial charge in [-0.05, 0) is 68.7 Å². The molecule has 156 valence electrons. The normalized spacial score (nSPS) is 11.2. The maximum Gasteiger partial charge on any atom is 0.264 e. The summed E-state index contributed by atoms with van der Waals surface area (Å²) in [5, 5.41) is 2.83. The Morgan fingerprint density at radius 1 is 0.833 bits per heavy atom. The van der Waals surface area contributed by atoms with E-state index in [4.69, 9.17) is 0 Å². The molecule has 3 aromatic rings. The quantitative estimate of drug-likeness (QED) is 0.623. The second-order valence-electron chi connectivity index (χ2n) is 7.41. The Kier molecular flexibility index (Phi) is 6.27. The van der Waals surface area contributed by atoms with Crippen LogP contribution in [-0.2, 0) is 14.8 Å². The van der Waals surface area contributed by atoms with Gasteiger partial charge in [0.2, 0.25) is 5.91 Å². The lowest BCUT2D eigenvalue weighted by atomic mass is 10.1. The summed E-state index contributed by atoms with van der Waals surface area (Å²) < 4.78 is 28.2. The molecule has 5 nitrogen and oxygen atoms in total. The highest BCUT2D eigenvalue weighted by molar-refractivity contribution is 7.92. The first kappa shape index (κ1) is 21.6. The minimum atomic E-state index is -3.94. The molecule has 3 aromatic carbocycles. The molecule has 0 aliphatic heterocycles. The number of anilines is 2. The third-order valence-electron chi connectivity index (χ3n) is 5.16. The van der Waals surface area contributed by atoms with E-state index in [1.807, 2.05) is 52.0 Å². The van der Waals surface area contributed by atoms with Crippen molar-refractivity contribution in [1.82, 2.24) is 0 Å². The van der Waals surface area contributed by atoms with Gasteiger partial charge in [0.1, 0.15) is 6.54 Å². The maximum atomic E-state index is 13.5. The van der Waals surface area contributed by atoms with Gasteiger partial charge in [-0.2, -0.15) is 0 Å². The van der Waals surface area contributed by atoms with E-state index in [1.54, 1.807) is 42.5 Å². The molecule has 0 aliphatic rings. The van der Waals surface area contributed by atoms with E-state index in [0.717, 1.165) is 22.3 Å². The molecule has 0 heterocycles. The molecule has 0 saturated heterocycles. The summed E-state index contributed by atoms with van der Waals surface area (Å²) >= 11 is 0. The van der Waals surface area contributed by atoms with Crippen LogP contribution in [0.5, 0.6) is 0 Å². The van der Waals surface area contributed by atoms with Crippen LogP contribution in [0.25, 0.3) is 0 Å². The second-order valence-corrected chi connectivity index (χ2v) is 9.27. The van der Waals surface area contributed by atoms with Crippen LogP contribution in [0, 0.1) is 27.7 Å². The van der Waals surface area contributed by atoms with Crippen molar-refractivity contribution in [2.75, 3.05) is 16.2 Å². The zero-order valence-electron chi connectivity index (χ0n) is 17.6. The van der Waals surface area contributed by atoms with Crippen molar-refractivity contribution in [3.05, 3.63) is 89.0 Å². The Bertz CT molecular complexity index is 1170. The molecule has 0 spiro atoms. The number of para-hydroxylation sites is 1. The summed E-state index contributed by atoms with van der Waals surface area (Å²) in [5.74, 6) is -0.402. The molecule has 0 bridgehead atoms. The Hall–Kier alpha value is -3.12. The van der Waals surface area contributed by atoms with Gasteiger partial charge in [0.05, 0.1) is 10.6 Å². The molecular formula is C24H26N2O3S. The molecule has 1 amide bonds. The molecule has 6 heteroatoms. The van der Waals surface area contributed by atoms with Crippen LogP contribution in [0.1, 0.15) is 22.3 Å². The van der Waals surface area contributed by atoms with E-state index in [1.165, 1.54) is 4.31 Å². The second kappa shape index (κ2) is 8.71. The van der Waals surface area contributed by atoms with Gasteiger partial charge in [-0.3, -0.25) is 9.10 Å². The van der Waals surface area contributed by atoms with Gasteiger partial charge in [-0.1, -0.05) is 48.0 Å². The van der Waals surface area contributed by atoms with Gasteiger partial charge in [0.25, 0.3) is 10.0 Å². The summed E-state index contributed by atoms with van der Waals surface area (Å²) in [6.45, 7) is 7.25. The molecule has 0 aliphatic carbocycles. The lowest BCUT2D eigenvalue weighted by molar-refractivity contribution is -0.114. The van der Waals surface area contributed by atoms with Gasteiger partial charge >= 0.3 is 0 Å². The van der Waals surface area contributed by atoms with Gasteiger partial charge in [-0.15, -0.1) is 0 Å². The fraction of sp³-hybridized carbons (Fsp3) is 0.208. The zero-order chi connectivity index (χ0) is 21.9. The first-order valence-corrected chi connectivity index (χ1v) is 11.2. The minimum absolute atomic E-state index is 0.151. The summed E-state index contributed by atoms with van der Waals surface area (Å²) in [6, 6.07) is 19.5. The summed E-state index contributed by atoms with van der Waals surface area (Å²) in [7, 11) is -3.94. The number of carbonyl (C=O) groups excluding carboxylic acids is 1. The maximum absolute atomic E-state index is 13.5. The van der Waals surface area contributed by atoms with Gasteiger partial charge in [0, 0.05) is 5.69 Å². The van der Waals surface area contributed by atoms with E-state index in [0.29, 0.717) is 11.4 Å². The monoisotopic (exact) mass is 422 g/mol. The van der Waals surface area contributed by atoms with Crippen LogP contribution in [-0.4, -0.2) is 20.9 Å². The van der Waals surface area contributed by atoms with E-state index >= 15 is 0 Å². The molecule has 0 radical (unpaired) electrons. The first-order chi connectivity index (χ1) is 14.2. The average molecular weight is 423 g/mol. The Morgan fingerprint density at radius 2 is 1.47 bits per heavy atom. The van der Waals surface area contributed by atoms with Crippen molar-refractivity contribution in [3.8, 4) is 0 Å². The van der Waals surface area contributed by atoms with Crippen molar-refractivity contribution in [2.24, 2.45) is 0 Å². The molecular weight excluding hydrogens is 396 g/mol. The predicted molar refractivity (Wildman–Crippen MR) is 121 cm³/mol. The van der Waals surface area contributed by atoms with Crippen molar-refractivity contribution >= 4 is 27.3 Å². The summed E-state index contributed by atoms with van der Waals surface area (Å²) in [4.78, 5) is 13.0. The number of benzene rings is 3. The number of aryl methyl sites for hydroxylation is 3. The molecule has 0 aromatic heterocycles. The number of nitrogens with one attached hydrogen (secondary N) is 1. The largest absolute Gasteiger partial charge is 0.324 e. The molecule has 0 unspecified atom stereocenters. The lowest BCUT2D eigenvalue weighted by Crippen LogP contribution is -2.38. The fourth-order valence-electron chi connectivity index (χ4n) is 3.18. The Balaban J connectivity index is 2.02. The van der Waals surface area contributed by atoms with E-state index in [2.05, 4.69) is 5.32 Å². The van der Waals surface area contributed by atoms with Crippen LogP contribution in [0.4, 0.5) is 11.4 Å². The Labute approximate surface area is 178 Å². The number of rotatable bonds is 6. The van der Waals surface area contributed by atoms with Crippen LogP contribution in [0.15, 0.2) is 71.6 Å². The minimum Gasteiger partial charge on any atom is -0.324 e. The van der Waals surface area contributed by atoms with Crippen molar-refractivity contribution in [2.45, 2.75) is 32.6 Å². The van der Waals surface area contributed by atoms with Gasteiger partial charge in [-0.25, -0.2) is 8.42 Å². The van der Waals surface area contributed by atoms with Crippen LogP contribution >= 0.6 is 0 Å². The number of nitrogens with zero attached hydrogens (tertiary/aromatic N) is 1. The number of hydrogen-bond donors (Lipinski definition) is 1. The molecule has 0 atom stereocenters. The van der Waals surface area contributed by atoms with Gasteiger partial charge < -0.3 is 5.32 Å². The third-order valence-corrected chi connectivity index (χ3v) is 6.93. The predicted octanol–water partition coefficient (Wildman–Crippen LogP) is 4.75. The van der Waals surface area contributed by atoms with Crippen LogP contribution in [0.2, 0.25) is 0 Å². The lowest BCUT2D eigenvalue weighted by Gasteiger charge is -2.26. The Morgan fingerprint density at radius 3 is 2.13 bits per heavy atom. The highest BCUT2D eigenvalue weighted by atomic mass is 32.2. The average Bonchev–Trinajstić information content (AvgIpc) is 2.70. The number of carbonyl (C=O) groups is 1. The highest BCUT2D eigenvalue weighted by Crippen LogP contribution is 2.29. The van der Waals surface area contributed by atoms with E-state index in [9.17, 15) is 13.2 Å². The molecule has 0 saturated carbocycles. The van der Waals surface area contributed by atoms with E-state index < -0.39 is 15.9 Å². The molecule has 1 N–H and O–H groups in total. The van der Waals surface area contributed by atoms with E-state index in [-0.39, 0.29) is 11.4 Å². The zero-order valence-corrected chi connectivity index (χ0v) is 18.5. The van der Waals surface area contributed by atoms with Gasteiger partial charge in [0.15, 0.2) is 0 Å². The summed E-state index contributed by atoms with van der Waals surface area (Å²) in [5.41, 5.74) is 4.80. The highest BCUT2D eigenvalue weighted by Gasteiger charge is 2.28. The van der Waals surface area contributed by atoms with Crippen molar-refractivity contribution < 1.29 is 13.2 Å². The number of amides is 1.